The summed E-state index contributed by atoms with van der Waals surface area (Å²) in [5.41, 5.74) is 0.468. The van der Waals surface area contributed by atoms with Crippen LogP contribution in [-0.4, -0.2) is 23.1 Å². The summed E-state index contributed by atoms with van der Waals surface area (Å²) < 4.78 is 5.45. The Labute approximate surface area is 126 Å². The predicted molar refractivity (Wildman–Crippen MR) is 83.2 cm³/mol. The van der Waals surface area contributed by atoms with Gasteiger partial charge in [-0.1, -0.05) is 13.0 Å². The second kappa shape index (κ2) is 7.58. The van der Waals surface area contributed by atoms with Crippen LogP contribution in [0.3, 0.4) is 0 Å². The Morgan fingerprint density at radius 1 is 1.48 bits per heavy atom. The maximum Gasteiger partial charge on any atom is 0.333 e. The lowest BCUT2D eigenvalue weighted by atomic mass is 10.2. The molecule has 0 aliphatic carbocycles. The van der Waals surface area contributed by atoms with Crippen molar-refractivity contribution in [2.24, 2.45) is 0 Å². The number of benzene rings is 1. The lowest BCUT2D eigenvalue weighted by molar-refractivity contribution is -0.385. The van der Waals surface area contributed by atoms with Gasteiger partial charge in [0.25, 0.3) is 0 Å². The summed E-state index contributed by atoms with van der Waals surface area (Å²) in [4.78, 5) is 15.0. The number of rotatable bonds is 8. The molecule has 0 saturated heterocycles. The second-order valence-electron chi connectivity index (χ2n) is 4.36. The third-order valence-electron chi connectivity index (χ3n) is 2.78. The van der Waals surface area contributed by atoms with Gasteiger partial charge >= 0.3 is 5.69 Å². The van der Waals surface area contributed by atoms with E-state index in [-0.39, 0.29) is 5.69 Å². The molecule has 0 atom stereocenters. The van der Waals surface area contributed by atoms with Crippen LogP contribution in [0.1, 0.15) is 18.4 Å². The minimum Gasteiger partial charge on any atom is -0.487 e. The SMILES string of the molecule is CCCOc1cccc(NCCc2nccs2)c1[N+](=O)[O-]. The molecule has 0 spiro atoms. The first-order valence-electron chi connectivity index (χ1n) is 6.74. The monoisotopic (exact) mass is 307 g/mol. The molecule has 0 unspecified atom stereocenters. The van der Waals surface area contributed by atoms with Crippen LogP contribution in [0.25, 0.3) is 0 Å². The van der Waals surface area contributed by atoms with Gasteiger partial charge in [0.2, 0.25) is 0 Å². The molecule has 2 aromatic rings. The smallest absolute Gasteiger partial charge is 0.333 e. The van der Waals surface area contributed by atoms with Crippen LogP contribution in [0.5, 0.6) is 5.75 Å². The Morgan fingerprint density at radius 3 is 3.00 bits per heavy atom. The lowest BCUT2D eigenvalue weighted by Crippen LogP contribution is -2.08. The molecule has 1 aromatic heterocycles. The third kappa shape index (κ3) is 4.16. The van der Waals surface area contributed by atoms with Crippen molar-refractivity contribution in [1.29, 1.82) is 0 Å². The summed E-state index contributed by atoms with van der Waals surface area (Å²) in [6.07, 6.45) is 3.29. The van der Waals surface area contributed by atoms with Gasteiger partial charge in [0.15, 0.2) is 5.75 Å². The summed E-state index contributed by atoms with van der Waals surface area (Å²) in [5.74, 6) is 0.307. The Hall–Kier alpha value is -2.15. The zero-order valence-corrected chi connectivity index (χ0v) is 12.6. The minimum atomic E-state index is -0.406. The van der Waals surface area contributed by atoms with Crippen molar-refractivity contribution in [3.05, 3.63) is 44.9 Å². The normalized spacial score (nSPS) is 10.3. The maximum absolute atomic E-state index is 11.3. The summed E-state index contributed by atoms with van der Waals surface area (Å²) in [6.45, 7) is 3.01. The number of nitro groups is 1. The van der Waals surface area contributed by atoms with Gasteiger partial charge in [0.05, 0.1) is 16.5 Å². The van der Waals surface area contributed by atoms with Crippen molar-refractivity contribution >= 4 is 22.7 Å². The van der Waals surface area contributed by atoms with Crippen molar-refractivity contribution in [3.8, 4) is 5.75 Å². The third-order valence-corrected chi connectivity index (χ3v) is 3.62. The van der Waals surface area contributed by atoms with Crippen molar-refractivity contribution in [3.63, 3.8) is 0 Å². The first-order chi connectivity index (χ1) is 10.2. The number of anilines is 1. The fourth-order valence-electron chi connectivity index (χ4n) is 1.86. The van der Waals surface area contributed by atoms with Gasteiger partial charge in [-0.3, -0.25) is 10.1 Å². The molecule has 112 valence electrons. The molecule has 1 N–H and O–H groups in total. The standard InChI is InChI=1S/C14H17N3O3S/c1-2-9-20-12-5-3-4-11(14(12)17(18)19)15-7-6-13-16-8-10-21-13/h3-5,8,10,15H,2,6-7,9H2,1H3. The van der Waals surface area contributed by atoms with E-state index >= 15 is 0 Å². The van der Waals surface area contributed by atoms with Gasteiger partial charge in [-0.2, -0.15) is 0 Å². The zero-order valence-electron chi connectivity index (χ0n) is 11.7. The van der Waals surface area contributed by atoms with E-state index in [1.807, 2.05) is 12.3 Å². The summed E-state index contributed by atoms with van der Waals surface area (Å²) >= 11 is 1.57. The second-order valence-corrected chi connectivity index (χ2v) is 5.34. The van der Waals surface area contributed by atoms with Crippen molar-refractivity contribution in [2.45, 2.75) is 19.8 Å². The lowest BCUT2D eigenvalue weighted by Gasteiger charge is -2.10. The van der Waals surface area contributed by atoms with Crippen LogP contribution in [0.15, 0.2) is 29.8 Å². The molecule has 2 rings (SSSR count). The molecule has 0 aliphatic rings. The first kappa shape index (κ1) is 15.2. The van der Waals surface area contributed by atoms with Crippen LogP contribution in [0, 0.1) is 10.1 Å². The van der Waals surface area contributed by atoms with E-state index in [1.54, 1.807) is 35.7 Å². The van der Waals surface area contributed by atoms with Gasteiger partial charge in [-0.25, -0.2) is 4.98 Å². The predicted octanol–water partition coefficient (Wildman–Crippen LogP) is 3.49. The van der Waals surface area contributed by atoms with Crippen molar-refractivity contribution in [1.82, 2.24) is 4.98 Å². The molecule has 1 heterocycles. The van der Waals surface area contributed by atoms with E-state index in [1.165, 1.54) is 0 Å². The first-order valence-corrected chi connectivity index (χ1v) is 7.62. The molecule has 7 heteroatoms. The molecule has 0 aliphatic heterocycles. The van der Waals surface area contributed by atoms with Gasteiger partial charge in [-0.15, -0.1) is 11.3 Å². The van der Waals surface area contributed by atoms with Crippen LogP contribution in [0.2, 0.25) is 0 Å². The Kier molecular flexibility index (Phi) is 5.51. The highest BCUT2D eigenvalue weighted by Gasteiger charge is 2.20. The highest BCUT2D eigenvalue weighted by Crippen LogP contribution is 2.34. The summed E-state index contributed by atoms with van der Waals surface area (Å²) in [7, 11) is 0. The molecule has 0 radical (unpaired) electrons. The summed E-state index contributed by atoms with van der Waals surface area (Å²) in [6, 6.07) is 5.07. The highest BCUT2D eigenvalue weighted by atomic mass is 32.1. The number of nitrogens with one attached hydrogen (secondary N) is 1. The van der Waals surface area contributed by atoms with Gasteiger partial charge in [-0.05, 0) is 18.6 Å². The molecule has 6 nitrogen and oxygen atoms in total. The number of ether oxygens (including phenoxy) is 1. The van der Waals surface area contributed by atoms with Crippen LogP contribution in [-0.2, 0) is 6.42 Å². The van der Waals surface area contributed by atoms with E-state index in [9.17, 15) is 10.1 Å². The molecule has 0 amide bonds. The molecular weight excluding hydrogens is 290 g/mol. The number of para-hydroxylation sites is 1. The number of thiazole rings is 1. The number of hydrogen-bond donors (Lipinski definition) is 1. The summed E-state index contributed by atoms with van der Waals surface area (Å²) in [5, 5.41) is 17.3. The maximum atomic E-state index is 11.3. The van der Waals surface area contributed by atoms with Crippen LogP contribution in [0.4, 0.5) is 11.4 Å². The minimum absolute atomic E-state index is 0.00918. The molecule has 0 saturated carbocycles. The van der Waals surface area contributed by atoms with Gasteiger partial charge < -0.3 is 10.1 Å². The van der Waals surface area contributed by atoms with E-state index in [2.05, 4.69) is 10.3 Å². The number of nitrogens with zero attached hydrogens (tertiary/aromatic N) is 2. The molecular formula is C14H17N3O3S. The fraction of sp³-hybridized carbons (Fsp3) is 0.357. The quantitative estimate of drug-likeness (QED) is 0.596. The van der Waals surface area contributed by atoms with E-state index in [4.69, 9.17) is 4.74 Å². The zero-order chi connectivity index (χ0) is 15.1. The van der Waals surface area contributed by atoms with Crippen molar-refractivity contribution in [2.75, 3.05) is 18.5 Å². The topological polar surface area (TPSA) is 77.3 Å². The van der Waals surface area contributed by atoms with Gasteiger partial charge in [0.1, 0.15) is 5.69 Å². The average Bonchev–Trinajstić information content (AvgIpc) is 2.98. The van der Waals surface area contributed by atoms with Crippen LogP contribution >= 0.6 is 11.3 Å². The molecule has 21 heavy (non-hydrogen) atoms. The van der Waals surface area contributed by atoms with Crippen molar-refractivity contribution < 1.29 is 9.66 Å². The van der Waals surface area contributed by atoms with E-state index < -0.39 is 4.92 Å². The number of hydrogen-bond acceptors (Lipinski definition) is 6. The van der Waals surface area contributed by atoms with E-state index in [0.29, 0.717) is 24.6 Å². The Balaban J connectivity index is 2.08. The average molecular weight is 307 g/mol. The molecule has 1 aromatic carbocycles. The van der Waals surface area contributed by atoms with Gasteiger partial charge in [0, 0.05) is 24.5 Å². The Bertz CT molecular complexity index is 587. The fourth-order valence-corrected chi connectivity index (χ4v) is 2.48. The number of nitro benzene ring substituents is 1. The Morgan fingerprint density at radius 2 is 2.33 bits per heavy atom. The van der Waals surface area contributed by atoms with E-state index in [0.717, 1.165) is 17.8 Å². The molecule has 0 fully saturated rings. The number of aromatic nitrogens is 1. The molecule has 0 bridgehead atoms. The van der Waals surface area contributed by atoms with Crippen LogP contribution < -0.4 is 10.1 Å². The highest BCUT2D eigenvalue weighted by molar-refractivity contribution is 7.09. The largest absolute Gasteiger partial charge is 0.487 e.